The molecule has 0 aliphatic carbocycles. The monoisotopic (exact) mass is 218 g/mol. The van der Waals surface area contributed by atoms with Crippen LogP contribution in [-0.2, 0) is 0 Å². The minimum Gasteiger partial charge on any atom is -0.464 e. The number of aromatic amines is 1. The van der Waals surface area contributed by atoms with E-state index in [9.17, 15) is 0 Å². The Hall–Kier alpha value is -1.74. The highest BCUT2D eigenvalue weighted by atomic mass is 35.5. The molecule has 2 heterocycles. The van der Waals surface area contributed by atoms with Crippen LogP contribution in [0.1, 0.15) is 0 Å². The highest BCUT2D eigenvalue weighted by Gasteiger charge is 2.09. The molecule has 0 saturated carbocycles. The molecule has 2 aromatic heterocycles. The Kier molecular flexibility index (Phi) is 1.79. The lowest BCUT2D eigenvalue weighted by Crippen LogP contribution is -1.78. The summed E-state index contributed by atoms with van der Waals surface area (Å²) in [5, 5.41) is 8.50. The molecule has 74 valence electrons. The average molecular weight is 219 g/mol. The Balaban J connectivity index is 2.37. The first kappa shape index (κ1) is 8.56. The van der Waals surface area contributed by atoms with Crippen LogP contribution in [0, 0.1) is 0 Å². The van der Waals surface area contributed by atoms with E-state index in [1.54, 1.807) is 12.5 Å². The van der Waals surface area contributed by atoms with E-state index in [-0.39, 0.29) is 0 Å². The normalized spacial score (nSPS) is 11.0. The number of fused-ring (bicyclic) bond motifs is 1. The highest BCUT2D eigenvalue weighted by molar-refractivity contribution is 6.35. The molecule has 0 unspecified atom stereocenters. The Morgan fingerprint density at radius 2 is 2.20 bits per heavy atom. The van der Waals surface area contributed by atoms with Crippen LogP contribution >= 0.6 is 11.6 Å². The Labute approximate surface area is 90.7 Å². The SMILES string of the molecule is Clc1ccc(-c2ccco2)c2[nH]ncc12. The predicted molar refractivity (Wildman–Crippen MR) is 58.8 cm³/mol. The molecular formula is C11H7ClN2O. The summed E-state index contributed by atoms with van der Waals surface area (Å²) in [6, 6.07) is 7.52. The molecule has 3 rings (SSSR count). The predicted octanol–water partition coefficient (Wildman–Crippen LogP) is 3.48. The number of furan rings is 1. The van der Waals surface area contributed by atoms with Gasteiger partial charge in [-0.05, 0) is 24.3 Å². The van der Waals surface area contributed by atoms with Crippen molar-refractivity contribution in [1.82, 2.24) is 10.2 Å². The fourth-order valence-corrected chi connectivity index (χ4v) is 1.85. The highest BCUT2D eigenvalue weighted by Crippen LogP contribution is 2.31. The number of benzene rings is 1. The van der Waals surface area contributed by atoms with Gasteiger partial charge in [0, 0.05) is 10.9 Å². The van der Waals surface area contributed by atoms with Crippen molar-refractivity contribution in [2.45, 2.75) is 0 Å². The average Bonchev–Trinajstić information content (AvgIpc) is 2.88. The standard InChI is InChI=1S/C11H7ClN2O/c12-9-4-3-7(10-2-1-5-15-10)11-8(9)6-13-14-11/h1-6H,(H,13,14). The molecule has 0 bridgehead atoms. The summed E-state index contributed by atoms with van der Waals surface area (Å²) < 4.78 is 5.35. The zero-order chi connectivity index (χ0) is 10.3. The Morgan fingerprint density at radius 1 is 1.27 bits per heavy atom. The second-order valence-electron chi connectivity index (χ2n) is 3.23. The van der Waals surface area contributed by atoms with Gasteiger partial charge in [0.25, 0.3) is 0 Å². The largest absolute Gasteiger partial charge is 0.464 e. The van der Waals surface area contributed by atoms with Gasteiger partial charge in [0.2, 0.25) is 0 Å². The summed E-state index contributed by atoms with van der Waals surface area (Å²) >= 11 is 6.04. The molecule has 1 N–H and O–H groups in total. The van der Waals surface area contributed by atoms with Gasteiger partial charge >= 0.3 is 0 Å². The van der Waals surface area contributed by atoms with Crippen LogP contribution in [-0.4, -0.2) is 10.2 Å². The van der Waals surface area contributed by atoms with E-state index in [1.807, 2.05) is 24.3 Å². The molecule has 4 heteroatoms. The van der Waals surface area contributed by atoms with Crippen molar-refractivity contribution in [2.24, 2.45) is 0 Å². The summed E-state index contributed by atoms with van der Waals surface area (Å²) in [7, 11) is 0. The van der Waals surface area contributed by atoms with Gasteiger partial charge in [0.05, 0.1) is 23.0 Å². The summed E-state index contributed by atoms with van der Waals surface area (Å²) in [5.74, 6) is 0.806. The number of halogens is 1. The fraction of sp³-hybridized carbons (Fsp3) is 0. The van der Waals surface area contributed by atoms with Gasteiger partial charge in [-0.2, -0.15) is 5.10 Å². The van der Waals surface area contributed by atoms with Crippen molar-refractivity contribution in [3.63, 3.8) is 0 Å². The van der Waals surface area contributed by atoms with Crippen molar-refractivity contribution >= 4 is 22.5 Å². The molecule has 0 spiro atoms. The maximum absolute atomic E-state index is 6.04. The maximum Gasteiger partial charge on any atom is 0.136 e. The summed E-state index contributed by atoms with van der Waals surface area (Å²) in [6.07, 6.45) is 3.36. The Bertz CT molecular complexity index is 598. The molecule has 3 aromatic rings. The zero-order valence-corrected chi connectivity index (χ0v) is 8.45. The minimum atomic E-state index is 0.689. The van der Waals surface area contributed by atoms with Crippen molar-refractivity contribution < 1.29 is 4.42 Å². The number of hydrogen-bond acceptors (Lipinski definition) is 2. The van der Waals surface area contributed by atoms with Gasteiger partial charge in [0.15, 0.2) is 0 Å². The van der Waals surface area contributed by atoms with Crippen LogP contribution in [0.2, 0.25) is 5.02 Å². The molecule has 0 aliphatic rings. The second-order valence-corrected chi connectivity index (χ2v) is 3.64. The zero-order valence-electron chi connectivity index (χ0n) is 7.70. The number of rotatable bonds is 1. The van der Waals surface area contributed by atoms with Gasteiger partial charge in [-0.1, -0.05) is 11.6 Å². The molecular weight excluding hydrogens is 212 g/mol. The molecule has 0 atom stereocenters. The Morgan fingerprint density at radius 3 is 3.00 bits per heavy atom. The maximum atomic E-state index is 6.04. The van der Waals surface area contributed by atoms with Crippen LogP contribution in [0.5, 0.6) is 0 Å². The summed E-state index contributed by atoms with van der Waals surface area (Å²) in [4.78, 5) is 0. The molecule has 1 aromatic carbocycles. The van der Waals surface area contributed by atoms with Gasteiger partial charge < -0.3 is 4.42 Å². The van der Waals surface area contributed by atoms with Crippen LogP contribution < -0.4 is 0 Å². The lowest BCUT2D eigenvalue weighted by Gasteiger charge is -1.99. The fourth-order valence-electron chi connectivity index (χ4n) is 1.64. The van der Waals surface area contributed by atoms with E-state index in [0.717, 1.165) is 22.2 Å². The van der Waals surface area contributed by atoms with E-state index >= 15 is 0 Å². The third-order valence-corrected chi connectivity index (χ3v) is 2.68. The summed E-state index contributed by atoms with van der Waals surface area (Å²) in [5.41, 5.74) is 1.87. The minimum absolute atomic E-state index is 0.689. The number of hydrogen-bond donors (Lipinski definition) is 1. The molecule has 0 radical (unpaired) electrons. The number of H-pyrrole nitrogens is 1. The van der Waals surface area contributed by atoms with Gasteiger partial charge in [-0.25, -0.2) is 0 Å². The first-order valence-corrected chi connectivity index (χ1v) is 4.89. The van der Waals surface area contributed by atoms with Crippen molar-refractivity contribution in [3.8, 4) is 11.3 Å². The van der Waals surface area contributed by atoms with Crippen molar-refractivity contribution in [3.05, 3.63) is 41.7 Å². The third-order valence-electron chi connectivity index (χ3n) is 2.35. The van der Waals surface area contributed by atoms with Gasteiger partial charge in [-0.15, -0.1) is 0 Å². The topological polar surface area (TPSA) is 41.8 Å². The number of nitrogens with zero attached hydrogens (tertiary/aromatic N) is 1. The van der Waals surface area contributed by atoms with E-state index < -0.39 is 0 Å². The number of aromatic nitrogens is 2. The van der Waals surface area contributed by atoms with Crippen LogP contribution in [0.4, 0.5) is 0 Å². The van der Waals surface area contributed by atoms with E-state index in [2.05, 4.69) is 10.2 Å². The molecule has 0 aliphatic heterocycles. The quantitative estimate of drug-likeness (QED) is 0.680. The van der Waals surface area contributed by atoms with Crippen molar-refractivity contribution in [1.29, 1.82) is 0 Å². The first-order chi connectivity index (χ1) is 7.36. The third kappa shape index (κ3) is 1.24. The van der Waals surface area contributed by atoms with Gasteiger partial charge in [-0.3, -0.25) is 5.10 Å². The van der Waals surface area contributed by atoms with Crippen LogP contribution in [0.3, 0.4) is 0 Å². The number of nitrogens with one attached hydrogen (secondary N) is 1. The van der Waals surface area contributed by atoms with E-state index in [0.29, 0.717) is 5.02 Å². The van der Waals surface area contributed by atoms with Crippen LogP contribution in [0.15, 0.2) is 41.1 Å². The van der Waals surface area contributed by atoms with E-state index in [1.165, 1.54) is 0 Å². The smallest absolute Gasteiger partial charge is 0.136 e. The molecule has 15 heavy (non-hydrogen) atoms. The molecule has 3 nitrogen and oxygen atoms in total. The summed E-state index contributed by atoms with van der Waals surface area (Å²) in [6.45, 7) is 0. The molecule has 0 fully saturated rings. The molecule has 0 saturated heterocycles. The first-order valence-electron chi connectivity index (χ1n) is 4.52. The lowest BCUT2D eigenvalue weighted by molar-refractivity contribution is 0.583. The van der Waals surface area contributed by atoms with Crippen LogP contribution in [0.25, 0.3) is 22.2 Å². The van der Waals surface area contributed by atoms with Gasteiger partial charge in [0.1, 0.15) is 5.76 Å². The lowest BCUT2D eigenvalue weighted by atomic mass is 10.1. The van der Waals surface area contributed by atoms with Crippen molar-refractivity contribution in [2.75, 3.05) is 0 Å². The van der Waals surface area contributed by atoms with E-state index in [4.69, 9.17) is 16.0 Å². The second kappa shape index (κ2) is 3.14. The molecule has 0 amide bonds.